The van der Waals surface area contributed by atoms with Crippen LogP contribution in [0.2, 0.25) is 0 Å². The molecule has 0 aliphatic heterocycles. The van der Waals surface area contributed by atoms with Crippen LogP contribution in [-0.4, -0.2) is 11.1 Å². The second kappa shape index (κ2) is 3.67. The fourth-order valence-corrected chi connectivity index (χ4v) is 0.105. The molecule has 0 aromatic carbocycles. The van der Waals surface area contributed by atoms with Gasteiger partial charge in [0.25, 0.3) is 6.29 Å². The molecule has 0 bridgehead atoms. The summed E-state index contributed by atoms with van der Waals surface area (Å²) in [5.74, 6) is 0. The van der Waals surface area contributed by atoms with Gasteiger partial charge in [-0.2, -0.15) is 0 Å². The van der Waals surface area contributed by atoms with Crippen molar-refractivity contribution in [1.82, 2.24) is 0 Å². The summed E-state index contributed by atoms with van der Waals surface area (Å²) < 4.78 is 0. The van der Waals surface area contributed by atoms with Gasteiger partial charge < -0.3 is 0 Å². The zero-order chi connectivity index (χ0) is 4.12. The molecule has 0 aromatic rings. The van der Waals surface area contributed by atoms with Gasteiger partial charge in [-0.05, 0) is 6.42 Å². The highest BCUT2D eigenvalue weighted by Gasteiger charge is 1.73. The van der Waals surface area contributed by atoms with E-state index in [2.05, 4.69) is 0 Å². The number of rotatable bonds is 2. The third kappa shape index (κ3) is 3.67. The Morgan fingerprint density at radius 3 is 2.40 bits per heavy atom. The largest absolute Gasteiger partial charge is 0.287 e. The Balaban J connectivity index is 2.40. The number of hydrogen-bond acceptors (Lipinski definition) is 0. The highest BCUT2D eigenvalue weighted by molar-refractivity contribution is 5.51. The summed E-state index contributed by atoms with van der Waals surface area (Å²) in [5.41, 5.74) is 0. The van der Waals surface area contributed by atoms with E-state index in [4.69, 9.17) is 4.79 Å². The van der Waals surface area contributed by atoms with Crippen molar-refractivity contribution < 1.29 is 4.79 Å². The van der Waals surface area contributed by atoms with Crippen LogP contribution in [0.5, 0.6) is 0 Å². The van der Waals surface area contributed by atoms with Crippen molar-refractivity contribution >= 4 is 6.29 Å². The zero-order valence-corrected chi connectivity index (χ0v) is 3.31. The molecule has 0 aliphatic rings. The van der Waals surface area contributed by atoms with Crippen LogP contribution >= 0.6 is 0 Å². The molecule has 29 valence electrons. The average molecular weight is 72.1 g/mol. The van der Waals surface area contributed by atoms with Crippen LogP contribution in [0.15, 0.2) is 0 Å². The van der Waals surface area contributed by atoms with Gasteiger partial charge in [-0.3, -0.25) is 4.79 Å². The molecule has 0 atom stereocenters. The first kappa shape index (κ1) is 4.67. The van der Waals surface area contributed by atoms with Gasteiger partial charge in [-0.15, -0.1) is 0 Å². The molecule has 0 saturated carbocycles. The molecule has 5 heavy (non-hydrogen) atoms. The Labute approximate surface area is 32.0 Å². The second-order valence-electron chi connectivity index (χ2n) is 0.827. The predicted molar refractivity (Wildman–Crippen MR) is 22.6 cm³/mol. The van der Waals surface area contributed by atoms with Gasteiger partial charge in [-0.25, -0.2) is 0 Å². The molecule has 0 heterocycles. The molecule has 1 nitrogen and oxygen atoms in total. The van der Waals surface area contributed by atoms with E-state index in [0.717, 1.165) is 6.29 Å². The molecular formula is C4H8O+. The van der Waals surface area contributed by atoms with Crippen LogP contribution in [0.1, 0.15) is 13.3 Å². The minimum atomic E-state index is 0.694. The molecule has 1 N–H and O–H groups in total. The van der Waals surface area contributed by atoms with E-state index in [9.17, 15) is 0 Å². The summed E-state index contributed by atoms with van der Waals surface area (Å²) in [4.78, 5) is 7.91. The maximum atomic E-state index is 7.91. The summed E-state index contributed by atoms with van der Waals surface area (Å²) in [6.45, 7) is 1.90. The molecule has 0 aliphatic carbocycles. The van der Waals surface area contributed by atoms with Crippen LogP contribution in [0, 0.1) is 6.42 Å². The lowest BCUT2D eigenvalue weighted by atomic mass is 10.4. The maximum Gasteiger partial charge on any atom is 0.282 e. The highest BCUT2D eigenvalue weighted by atomic mass is 16.1. The van der Waals surface area contributed by atoms with Gasteiger partial charge in [0, 0.05) is 0 Å². The molecule has 0 fully saturated rings. The first-order valence-corrected chi connectivity index (χ1v) is 1.65. The molecule has 1 heteroatoms. The Kier molecular flexibility index (Phi) is 3.43. The SMILES string of the molecule is C[CH]CC=[OH+]. The third-order valence-corrected chi connectivity index (χ3v) is 0.341. The fourth-order valence-electron chi connectivity index (χ4n) is 0.105. The van der Waals surface area contributed by atoms with Crippen molar-refractivity contribution in [2.45, 2.75) is 13.3 Å². The average Bonchev–Trinajstić information content (AvgIpc) is 1.41. The quantitative estimate of drug-likeness (QED) is 0.339. The molecule has 0 spiro atoms. The van der Waals surface area contributed by atoms with E-state index in [1.165, 1.54) is 0 Å². The molecule has 0 aromatic heterocycles. The molecule has 1 radical (unpaired) electrons. The van der Waals surface area contributed by atoms with Gasteiger partial charge in [-0.1, -0.05) is 6.92 Å². The number of unbranched alkanes of at least 4 members (excludes halogenated alkanes) is 1. The number of hydrogen-bond donors (Lipinski definition) is 0. The monoisotopic (exact) mass is 72.1 g/mol. The first-order chi connectivity index (χ1) is 2.41. The van der Waals surface area contributed by atoms with Crippen LogP contribution in [-0.2, 0) is 0 Å². The summed E-state index contributed by atoms with van der Waals surface area (Å²) in [7, 11) is 0. The fraction of sp³-hybridized carbons (Fsp3) is 0.500. The Hall–Kier alpha value is -0.330. The van der Waals surface area contributed by atoms with Crippen LogP contribution in [0.25, 0.3) is 0 Å². The first-order valence-electron chi connectivity index (χ1n) is 1.65. The van der Waals surface area contributed by atoms with Crippen molar-refractivity contribution in [3.8, 4) is 0 Å². The second-order valence-corrected chi connectivity index (χ2v) is 0.827. The minimum Gasteiger partial charge on any atom is -0.287 e. The summed E-state index contributed by atoms with van der Waals surface area (Å²) in [6.07, 6.45) is 3.69. The van der Waals surface area contributed by atoms with E-state index >= 15 is 0 Å². The van der Waals surface area contributed by atoms with Gasteiger partial charge in [0.05, 0.1) is 6.42 Å². The maximum absolute atomic E-state index is 7.91. The van der Waals surface area contributed by atoms with E-state index in [0.29, 0.717) is 6.42 Å². The standard InChI is InChI=1S/C4H7O/c1-2-3-4-5/h2,4H,3H2,1H3/p+1. The predicted octanol–water partition coefficient (Wildman–Crippen LogP) is 0.775. The van der Waals surface area contributed by atoms with Crippen molar-refractivity contribution in [3.05, 3.63) is 6.42 Å². The van der Waals surface area contributed by atoms with Gasteiger partial charge >= 0.3 is 0 Å². The topological polar surface area (TPSA) is 21.4 Å². The smallest absolute Gasteiger partial charge is 0.282 e. The molecule has 0 unspecified atom stereocenters. The minimum absolute atomic E-state index is 0.694. The van der Waals surface area contributed by atoms with Crippen LogP contribution in [0.3, 0.4) is 0 Å². The van der Waals surface area contributed by atoms with E-state index in [1.807, 2.05) is 13.3 Å². The van der Waals surface area contributed by atoms with E-state index < -0.39 is 0 Å². The lowest BCUT2D eigenvalue weighted by Crippen LogP contribution is -1.67. The summed E-state index contributed by atoms with van der Waals surface area (Å²) in [6, 6.07) is 0. The number of aldehydes is 1. The highest BCUT2D eigenvalue weighted by Crippen LogP contribution is 1.72. The third-order valence-electron chi connectivity index (χ3n) is 0.341. The lowest BCUT2D eigenvalue weighted by molar-refractivity contribution is 0.684. The molecule has 0 amide bonds. The summed E-state index contributed by atoms with van der Waals surface area (Å²) in [5, 5.41) is 0. The van der Waals surface area contributed by atoms with Crippen molar-refractivity contribution in [3.63, 3.8) is 0 Å². The Bertz CT molecular complexity index is 24.8. The molecule has 0 rings (SSSR count). The van der Waals surface area contributed by atoms with Crippen molar-refractivity contribution in [1.29, 1.82) is 0 Å². The van der Waals surface area contributed by atoms with Crippen molar-refractivity contribution in [2.75, 3.05) is 0 Å². The number of carbonyl (C=O) groups excluding carboxylic acids is 1. The Morgan fingerprint density at radius 2 is 2.40 bits per heavy atom. The summed E-state index contributed by atoms with van der Waals surface area (Å²) >= 11 is 0. The lowest BCUT2D eigenvalue weighted by Gasteiger charge is -1.63. The van der Waals surface area contributed by atoms with Crippen molar-refractivity contribution in [2.24, 2.45) is 0 Å². The molecule has 0 saturated heterocycles. The van der Waals surface area contributed by atoms with E-state index in [1.54, 1.807) is 0 Å². The van der Waals surface area contributed by atoms with Crippen LogP contribution < -0.4 is 0 Å². The normalized spacial score (nSPS) is 7.40. The Morgan fingerprint density at radius 1 is 1.80 bits per heavy atom. The zero-order valence-electron chi connectivity index (χ0n) is 3.31. The van der Waals surface area contributed by atoms with Gasteiger partial charge in [0.1, 0.15) is 0 Å². The van der Waals surface area contributed by atoms with Gasteiger partial charge in [0.2, 0.25) is 0 Å². The van der Waals surface area contributed by atoms with Gasteiger partial charge in [0.15, 0.2) is 0 Å². The van der Waals surface area contributed by atoms with E-state index in [-0.39, 0.29) is 0 Å². The molecular weight excluding hydrogens is 64.0 g/mol. The van der Waals surface area contributed by atoms with Crippen LogP contribution in [0.4, 0.5) is 0 Å².